The Hall–Kier alpha value is -3.84. The number of sulfone groups is 1. The summed E-state index contributed by atoms with van der Waals surface area (Å²) in [5.74, 6) is -0.187. The fourth-order valence-electron chi connectivity index (χ4n) is 6.71. The molecule has 1 aliphatic carbocycles. The van der Waals surface area contributed by atoms with Crippen molar-refractivity contribution < 1.29 is 32.0 Å². The Morgan fingerprint density at radius 2 is 1.77 bits per heavy atom. The maximum absolute atomic E-state index is 14.4. The van der Waals surface area contributed by atoms with Crippen molar-refractivity contribution in [2.45, 2.75) is 61.4 Å². The Morgan fingerprint density at radius 3 is 2.47 bits per heavy atom. The average Bonchev–Trinajstić information content (AvgIpc) is 3.48. The van der Waals surface area contributed by atoms with Gasteiger partial charge in [-0.25, -0.2) is 23.7 Å². The lowest BCUT2D eigenvalue weighted by Crippen LogP contribution is -2.43. The molecule has 1 N–H and O–H groups in total. The highest BCUT2D eigenvalue weighted by atomic mass is 32.2. The summed E-state index contributed by atoms with van der Waals surface area (Å²) in [6.45, 7) is 0.836. The monoisotopic (exact) mass is 675 g/mol. The van der Waals surface area contributed by atoms with E-state index in [-0.39, 0.29) is 37.6 Å². The molecular weight excluding hydrogens is 639 g/mol. The molecule has 246 valence electrons. The third-order valence-electron chi connectivity index (χ3n) is 9.61. The first kappa shape index (κ1) is 31.7. The molecule has 0 spiro atoms. The highest BCUT2D eigenvalue weighted by Crippen LogP contribution is 2.51. The second-order valence-electron chi connectivity index (χ2n) is 12.5. The van der Waals surface area contributed by atoms with Crippen LogP contribution in [0.25, 0.3) is 21.8 Å². The van der Waals surface area contributed by atoms with Gasteiger partial charge in [0.25, 0.3) is 0 Å². The lowest BCUT2D eigenvalue weighted by atomic mass is 9.93. The van der Waals surface area contributed by atoms with Gasteiger partial charge in [0.1, 0.15) is 4.75 Å². The summed E-state index contributed by atoms with van der Waals surface area (Å²) in [5.41, 5.74) is 4.61. The molecule has 2 unspecified atom stereocenters. The molecule has 2 amide bonds. The van der Waals surface area contributed by atoms with Crippen LogP contribution in [0.5, 0.6) is 0 Å². The van der Waals surface area contributed by atoms with Crippen LogP contribution >= 0.6 is 11.3 Å². The number of rotatable bonds is 9. The number of hydrogen-bond donors (Lipinski definition) is 1. The van der Waals surface area contributed by atoms with Crippen LogP contribution in [0.2, 0.25) is 0 Å². The number of nitrogens with zero attached hydrogens (tertiary/aromatic N) is 2. The van der Waals surface area contributed by atoms with Crippen molar-refractivity contribution in [1.82, 2.24) is 15.4 Å². The molecule has 10 nitrogen and oxygen atoms in total. The van der Waals surface area contributed by atoms with Crippen molar-refractivity contribution in [2.75, 3.05) is 25.4 Å². The number of nitrogens with one attached hydrogen (secondary N) is 1. The van der Waals surface area contributed by atoms with E-state index >= 15 is 0 Å². The number of hydrogen-bond acceptors (Lipinski definition) is 9. The molecule has 2 aromatic carbocycles. The molecule has 1 saturated carbocycles. The summed E-state index contributed by atoms with van der Waals surface area (Å²) >= 11 is 1.35. The number of ether oxygens (including phenoxy) is 1. The van der Waals surface area contributed by atoms with Crippen molar-refractivity contribution in [1.29, 1.82) is 0 Å². The summed E-state index contributed by atoms with van der Waals surface area (Å²) in [5, 5.41) is 0. The second-order valence-corrected chi connectivity index (χ2v) is 16.0. The quantitative estimate of drug-likeness (QED) is 0.227. The minimum Gasteiger partial charge on any atom is -0.444 e. The van der Waals surface area contributed by atoms with Crippen LogP contribution in [0.4, 0.5) is 0 Å². The van der Waals surface area contributed by atoms with Crippen LogP contribution in [0, 0.1) is 0 Å². The lowest BCUT2D eigenvalue weighted by Gasteiger charge is -2.31. The Bertz CT molecular complexity index is 1810. The van der Waals surface area contributed by atoms with Gasteiger partial charge in [0, 0.05) is 41.4 Å². The first-order chi connectivity index (χ1) is 22.8. The predicted octanol–water partition coefficient (Wildman–Crippen LogP) is 5.61. The molecule has 2 aliphatic heterocycles. The summed E-state index contributed by atoms with van der Waals surface area (Å²) in [6.07, 6.45) is 6.18. The third kappa shape index (κ3) is 6.27. The van der Waals surface area contributed by atoms with E-state index in [2.05, 4.69) is 10.5 Å². The van der Waals surface area contributed by atoms with Crippen LogP contribution in [-0.4, -0.2) is 61.9 Å². The fourth-order valence-corrected chi connectivity index (χ4v) is 10.3. The minimum atomic E-state index is -3.92. The molecule has 0 bridgehead atoms. The maximum atomic E-state index is 14.4. The molecule has 3 fully saturated rings. The van der Waals surface area contributed by atoms with Crippen molar-refractivity contribution in [2.24, 2.45) is 0 Å². The molecule has 7 rings (SSSR count). The highest BCUT2D eigenvalue weighted by Gasteiger charge is 2.55. The zero-order valence-corrected chi connectivity index (χ0v) is 27.6. The van der Waals surface area contributed by atoms with E-state index in [4.69, 9.17) is 14.0 Å². The zero-order valence-electron chi connectivity index (χ0n) is 25.9. The number of thiophene rings is 1. The SMILES string of the molecule is O=C(CC1(c2ccc(-c3ccc(-c4cnco4)cc3)s2)CCN(C(=O)C2(c3ccccc3)CC2)CCS1(=O)=O)NOC1CCCCO1. The lowest BCUT2D eigenvalue weighted by molar-refractivity contribution is -0.200. The van der Waals surface area contributed by atoms with Crippen molar-refractivity contribution in [3.05, 3.63) is 89.8 Å². The van der Waals surface area contributed by atoms with E-state index in [0.29, 0.717) is 23.7 Å². The van der Waals surface area contributed by atoms with Gasteiger partial charge in [-0.3, -0.25) is 9.59 Å². The Morgan fingerprint density at radius 1 is 0.979 bits per heavy atom. The third-order valence-corrected chi connectivity index (χ3v) is 13.6. The molecule has 12 heteroatoms. The number of aromatic nitrogens is 1. The summed E-state index contributed by atoms with van der Waals surface area (Å²) in [6, 6.07) is 21.2. The summed E-state index contributed by atoms with van der Waals surface area (Å²) in [7, 11) is -3.92. The van der Waals surface area contributed by atoms with E-state index in [1.165, 1.54) is 17.7 Å². The van der Waals surface area contributed by atoms with Crippen LogP contribution in [0.15, 0.2) is 83.7 Å². The maximum Gasteiger partial charge on any atom is 0.245 e. The molecular formula is C35H37N3O7S2. The fraction of sp³-hybridized carbons (Fsp3) is 0.400. The van der Waals surface area contributed by atoms with Gasteiger partial charge in [0.2, 0.25) is 11.8 Å². The van der Waals surface area contributed by atoms with E-state index in [1.807, 2.05) is 66.7 Å². The number of benzene rings is 2. The van der Waals surface area contributed by atoms with Gasteiger partial charge in [0.05, 0.1) is 23.8 Å². The number of carbonyl (C=O) groups is 2. The van der Waals surface area contributed by atoms with Gasteiger partial charge in [0.15, 0.2) is 28.3 Å². The van der Waals surface area contributed by atoms with Crippen LogP contribution < -0.4 is 5.48 Å². The Balaban J connectivity index is 1.18. The van der Waals surface area contributed by atoms with Crippen molar-refractivity contribution in [3.63, 3.8) is 0 Å². The number of hydroxylamine groups is 1. The molecule has 2 aromatic heterocycles. The van der Waals surface area contributed by atoms with Crippen LogP contribution in [0.1, 0.15) is 55.4 Å². The van der Waals surface area contributed by atoms with E-state index in [0.717, 1.165) is 47.3 Å². The number of amides is 2. The highest BCUT2D eigenvalue weighted by molar-refractivity contribution is 7.92. The molecule has 0 radical (unpaired) electrons. The number of carbonyl (C=O) groups excluding carboxylic acids is 2. The average molecular weight is 676 g/mol. The van der Waals surface area contributed by atoms with Crippen molar-refractivity contribution in [3.8, 4) is 21.8 Å². The van der Waals surface area contributed by atoms with E-state index in [1.54, 1.807) is 11.1 Å². The molecule has 47 heavy (non-hydrogen) atoms. The molecule has 4 aromatic rings. The first-order valence-corrected chi connectivity index (χ1v) is 18.5. The van der Waals surface area contributed by atoms with Gasteiger partial charge >= 0.3 is 0 Å². The largest absolute Gasteiger partial charge is 0.444 e. The first-order valence-electron chi connectivity index (χ1n) is 16.0. The smallest absolute Gasteiger partial charge is 0.245 e. The van der Waals surface area contributed by atoms with Gasteiger partial charge in [-0.2, -0.15) is 0 Å². The Kier molecular flexibility index (Phi) is 8.77. The Labute approximate surface area is 278 Å². The number of oxazole rings is 1. The van der Waals surface area contributed by atoms with Gasteiger partial charge in [-0.15, -0.1) is 11.3 Å². The molecule has 2 atom stereocenters. The van der Waals surface area contributed by atoms with Gasteiger partial charge in [-0.05, 0) is 55.4 Å². The van der Waals surface area contributed by atoms with E-state index < -0.39 is 32.2 Å². The summed E-state index contributed by atoms with van der Waals surface area (Å²) < 4.78 is 38.2. The van der Waals surface area contributed by atoms with Crippen LogP contribution in [-0.2, 0) is 39.2 Å². The second kappa shape index (κ2) is 13.0. The minimum absolute atomic E-state index is 0.0457. The summed E-state index contributed by atoms with van der Waals surface area (Å²) in [4.78, 5) is 40.1. The van der Waals surface area contributed by atoms with Crippen molar-refractivity contribution >= 4 is 33.0 Å². The molecule has 4 heterocycles. The normalized spacial score (nSPS) is 23.5. The van der Waals surface area contributed by atoms with Gasteiger partial charge < -0.3 is 14.1 Å². The zero-order chi connectivity index (χ0) is 32.5. The van der Waals surface area contributed by atoms with E-state index in [9.17, 15) is 18.0 Å². The molecule has 3 aliphatic rings. The molecule has 2 saturated heterocycles. The topological polar surface area (TPSA) is 128 Å². The van der Waals surface area contributed by atoms with Crippen LogP contribution in [0.3, 0.4) is 0 Å². The standard InChI is InChI=1S/C35H37N3O7S2/c39-31(37-45-32-8-4-5-20-43-32)22-35(30-14-13-29(46-30)26-11-9-25(10-12-26)28-23-36-24-44-28)17-18-38(19-21-47(35,41)42)33(40)34(15-16-34)27-6-2-1-3-7-27/h1-3,6-7,9-14,23-24,32H,4-5,8,15-22H2,(H,37,39). The van der Waals surface area contributed by atoms with Gasteiger partial charge in [-0.1, -0.05) is 54.6 Å². The predicted molar refractivity (Wildman–Crippen MR) is 177 cm³/mol.